The number of hydrogen-bond acceptors (Lipinski definition) is 7. The lowest BCUT2D eigenvalue weighted by molar-refractivity contribution is 0.0519. The van der Waals surface area contributed by atoms with Crippen LogP contribution in [0, 0.1) is 0 Å². The number of ketones is 1. The Hall–Kier alpha value is -4.38. The van der Waals surface area contributed by atoms with Gasteiger partial charge in [0.25, 0.3) is 0 Å². The largest absolute Gasteiger partial charge is 0.478 e. The fourth-order valence-electron chi connectivity index (χ4n) is 6.13. The molecule has 264 valence electrons. The van der Waals surface area contributed by atoms with Gasteiger partial charge >= 0.3 is 11.9 Å². The number of unbranched alkanes of at least 4 members (excludes halogenated alkanes) is 1. The van der Waals surface area contributed by atoms with Gasteiger partial charge in [-0.1, -0.05) is 76.6 Å². The van der Waals surface area contributed by atoms with Crippen LogP contribution >= 0.6 is 0 Å². The van der Waals surface area contributed by atoms with Gasteiger partial charge in [-0.3, -0.25) is 4.79 Å². The SMILES string of the molecule is CCCCc1c(-c2ccc(C(=O)O)cc2C(=O)c2cccc3c2CC(CO[Si](C)(C)C(C)(C)C)NC3)c(C(=O)OCC)nn1-c1ccccc1. The first-order valence-corrected chi connectivity index (χ1v) is 20.4. The normalized spacial score (nSPS) is 14.7. The number of aromatic nitrogens is 2. The Morgan fingerprint density at radius 1 is 1.00 bits per heavy atom. The molecule has 0 bridgehead atoms. The molecule has 9 nitrogen and oxygen atoms in total. The van der Waals surface area contributed by atoms with Gasteiger partial charge in [0, 0.05) is 35.9 Å². The van der Waals surface area contributed by atoms with Crippen LogP contribution in [0.25, 0.3) is 16.8 Å². The van der Waals surface area contributed by atoms with E-state index in [1.54, 1.807) is 17.7 Å². The molecule has 0 amide bonds. The van der Waals surface area contributed by atoms with Gasteiger partial charge in [0.1, 0.15) is 0 Å². The third-order valence-electron chi connectivity index (χ3n) is 10.00. The summed E-state index contributed by atoms with van der Waals surface area (Å²) in [4.78, 5) is 40.7. The van der Waals surface area contributed by atoms with E-state index in [0.717, 1.165) is 35.3 Å². The standard InChI is InChI=1S/C40H49N3O6Si/c1-8-10-19-34-35(36(39(47)48-9-2)42-43(34)29-16-12-11-13-17-29)30-21-20-26(38(45)46)22-33(30)37(44)31-18-14-15-27-24-41-28(23-32(27)31)25-49-50(6,7)40(3,4)5/h11-18,20-22,28,41H,8-10,19,23-25H2,1-7H3,(H,45,46). The molecule has 0 saturated heterocycles. The third-order valence-corrected chi connectivity index (χ3v) is 14.5. The van der Waals surface area contributed by atoms with Crippen molar-refractivity contribution in [3.8, 4) is 16.8 Å². The quantitative estimate of drug-likeness (QED) is 0.0820. The zero-order valence-electron chi connectivity index (χ0n) is 30.3. The zero-order chi connectivity index (χ0) is 36.2. The highest BCUT2D eigenvalue weighted by atomic mass is 28.4. The number of aromatic carboxylic acids is 1. The van der Waals surface area contributed by atoms with Crippen LogP contribution in [0.3, 0.4) is 0 Å². The van der Waals surface area contributed by atoms with Crippen molar-refractivity contribution < 1.29 is 28.7 Å². The van der Waals surface area contributed by atoms with Crippen LogP contribution < -0.4 is 5.32 Å². The molecule has 0 radical (unpaired) electrons. The topological polar surface area (TPSA) is 120 Å². The number of carboxylic acid groups (broad SMARTS) is 1. The average Bonchev–Trinajstić information content (AvgIpc) is 3.48. The number of fused-ring (bicyclic) bond motifs is 1. The predicted octanol–water partition coefficient (Wildman–Crippen LogP) is 8.02. The molecule has 0 aliphatic carbocycles. The Labute approximate surface area is 296 Å². The van der Waals surface area contributed by atoms with Crippen molar-refractivity contribution in [2.45, 2.75) is 91.0 Å². The van der Waals surface area contributed by atoms with Gasteiger partial charge in [-0.05, 0) is 85.3 Å². The Morgan fingerprint density at radius 3 is 2.40 bits per heavy atom. The lowest BCUT2D eigenvalue weighted by Crippen LogP contribution is -2.47. The minimum absolute atomic E-state index is 0.00978. The molecule has 3 aromatic carbocycles. The number of carbonyl (C=O) groups excluding carboxylic acids is 2. The monoisotopic (exact) mass is 695 g/mol. The Kier molecular flexibility index (Phi) is 11.2. The molecule has 1 aliphatic heterocycles. The Bertz CT molecular complexity index is 1880. The van der Waals surface area contributed by atoms with E-state index in [1.807, 2.05) is 48.5 Å². The molecule has 0 spiro atoms. The molecule has 1 atom stereocenters. The predicted molar refractivity (Wildman–Crippen MR) is 198 cm³/mol. The van der Waals surface area contributed by atoms with Crippen LogP contribution in [0.4, 0.5) is 0 Å². The molecule has 2 heterocycles. The second kappa shape index (κ2) is 15.2. The second-order valence-corrected chi connectivity index (χ2v) is 19.2. The Balaban J connectivity index is 1.66. The van der Waals surface area contributed by atoms with Gasteiger partial charge in [-0.15, -0.1) is 0 Å². The number of ether oxygens (including phenoxy) is 1. The molecule has 1 aliphatic rings. The maximum absolute atomic E-state index is 14.9. The highest BCUT2D eigenvalue weighted by molar-refractivity contribution is 6.74. The molecule has 4 aromatic rings. The first-order chi connectivity index (χ1) is 23.8. The maximum atomic E-state index is 14.9. The third kappa shape index (κ3) is 7.67. The molecule has 2 N–H and O–H groups in total. The molecule has 0 fully saturated rings. The summed E-state index contributed by atoms with van der Waals surface area (Å²) in [7, 11) is -2.00. The molecule has 1 aromatic heterocycles. The number of carbonyl (C=O) groups is 3. The summed E-state index contributed by atoms with van der Waals surface area (Å²) in [5.41, 5.74) is 5.14. The molecule has 0 saturated carbocycles. The second-order valence-electron chi connectivity index (χ2n) is 14.4. The maximum Gasteiger partial charge on any atom is 0.359 e. The fourth-order valence-corrected chi connectivity index (χ4v) is 7.19. The number of nitrogens with zero attached hydrogens (tertiary/aromatic N) is 2. The van der Waals surface area contributed by atoms with Crippen molar-refractivity contribution in [2.75, 3.05) is 13.2 Å². The van der Waals surface area contributed by atoms with Gasteiger partial charge < -0.3 is 19.6 Å². The van der Waals surface area contributed by atoms with E-state index in [9.17, 15) is 19.5 Å². The fraction of sp³-hybridized carbons (Fsp3) is 0.400. The van der Waals surface area contributed by atoms with Gasteiger partial charge in [0.05, 0.1) is 23.6 Å². The van der Waals surface area contributed by atoms with Gasteiger partial charge in [-0.2, -0.15) is 5.10 Å². The Morgan fingerprint density at radius 2 is 1.74 bits per heavy atom. The van der Waals surface area contributed by atoms with E-state index < -0.39 is 20.3 Å². The summed E-state index contributed by atoms with van der Waals surface area (Å²) < 4.78 is 13.8. The summed E-state index contributed by atoms with van der Waals surface area (Å²) in [5.74, 6) is -2.07. The summed E-state index contributed by atoms with van der Waals surface area (Å²) in [5, 5.41) is 18.5. The summed E-state index contributed by atoms with van der Waals surface area (Å²) in [6, 6.07) is 19.8. The summed E-state index contributed by atoms with van der Waals surface area (Å²) >= 11 is 0. The highest BCUT2D eigenvalue weighted by Gasteiger charge is 2.38. The number of carboxylic acids is 1. The van der Waals surface area contributed by atoms with Crippen LogP contribution in [-0.4, -0.2) is 60.2 Å². The smallest absolute Gasteiger partial charge is 0.359 e. The van der Waals surface area contributed by atoms with Gasteiger partial charge in [-0.25, -0.2) is 14.3 Å². The number of nitrogens with one attached hydrogen (secondary N) is 1. The van der Waals surface area contributed by atoms with Crippen molar-refractivity contribution in [1.82, 2.24) is 15.1 Å². The van der Waals surface area contributed by atoms with E-state index in [1.165, 1.54) is 12.1 Å². The minimum Gasteiger partial charge on any atom is -0.478 e. The molecule has 10 heteroatoms. The molecule has 1 unspecified atom stereocenters. The molecular weight excluding hydrogens is 647 g/mol. The van der Waals surface area contributed by atoms with Crippen molar-refractivity contribution >= 4 is 26.0 Å². The van der Waals surface area contributed by atoms with Gasteiger partial charge in [0.2, 0.25) is 0 Å². The van der Waals surface area contributed by atoms with Crippen LogP contribution in [0.2, 0.25) is 18.1 Å². The lowest BCUT2D eigenvalue weighted by Gasteiger charge is -2.38. The molecule has 5 rings (SSSR count). The van der Waals surface area contributed by atoms with Crippen LogP contribution in [0.5, 0.6) is 0 Å². The highest BCUT2D eigenvalue weighted by Crippen LogP contribution is 2.38. The minimum atomic E-state index is -2.00. The van der Waals surface area contributed by atoms with E-state index in [0.29, 0.717) is 42.7 Å². The van der Waals surface area contributed by atoms with E-state index >= 15 is 0 Å². The number of rotatable bonds is 13. The van der Waals surface area contributed by atoms with E-state index in [4.69, 9.17) is 14.3 Å². The van der Waals surface area contributed by atoms with Gasteiger partial charge in [0.15, 0.2) is 19.8 Å². The van der Waals surface area contributed by atoms with Crippen molar-refractivity contribution in [2.24, 2.45) is 0 Å². The zero-order valence-corrected chi connectivity index (χ0v) is 31.3. The van der Waals surface area contributed by atoms with Crippen molar-refractivity contribution in [3.05, 3.63) is 106 Å². The van der Waals surface area contributed by atoms with E-state index in [-0.39, 0.29) is 40.3 Å². The number of hydrogen-bond donors (Lipinski definition) is 2. The summed E-state index contributed by atoms with van der Waals surface area (Å²) in [6.07, 6.45) is 2.86. The number of benzene rings is 3. The van der Waals surface area contributed by atoms with Crippen molar-refractivity contribution in [1.29, 1.82) is 0 Å². The number of para-hydroxylation sites is 1. The number of esters is 1. The van der Waals surface area contributed by atoms with Crippen LogP contribution in [0.1, 0.15) is 101 Å². The first kappa shape index (κ1) is 36.9. The van der Waals surface area contributed by atoms with E-state index in [2.05, 4.69) is 46.1 Å². The van der Waals surface area contributed by atoms with Crippen LogP contribution in [-0.2, 0) is 28.5 Å². The molecular formula is C40H49N3O6Si. The molecule has 50 heavy (non-hydrogen) atoms. The average molecular weight is 696 g/mol. The summed E-state index contributed by atoms with van der Waals surface area (Å²) in [6.45, 7) is 16.2. The lowest BCUT2D eigenvalue weighted by atomic mass is 9.85. The van der Waals surface area contributed by atoms with Crippen LogP contribution in [0.15, 0.2) is 66.7 Å². The van der Waals surface area contributed by atoms with Crippen molar-refractivity contribution in [3.63, 3.8) is 0 Å². The first-order valence-electron chi connectivity index (χ1n) is 17.5.